The van der Waals surface area contributed by atoms with Crippen LogP contribution in [0.2, 0.25) is 0 Å². The van der Waals surface area contributed by atoms with E-state index in [0.29, 0.717) is 49.8 Å². The van der Waals surface area contributed by atoms with Crippen LogP contribution >= 0.6 is 0 Å². The Bertz CT molecular complexity index is 1890. The minimum Gasteiger partial charge on any atom is -0.444 e. The first-order chi connectivity index (χ1) is 25.7. The van der Waals surface area contributed by atoms with E-state index in [1.807, 2.05) is 0 Å². The number of carbonyl (C=O) groups excluding carboxylic acids is 6. The molecule has 0 unspecified atom stereocenters. The predicted molar refractivity (Wildman–Crippen MR) is 190 cm³/mol. The van der Waals surface area contributed by atoms with Gasteiger partial charge in [0.2, 0.25) is 0 Å². The van der Waals surface area contributed by atoms with E-state index >= 15 is 0 Å². The molecule has 0 saturated carbocycles. The summed E-state index contributed by atoms with van der Waals surface area (Å²) in [5.41, 5.74) is 2.96. The van der Waals surface area contributed by atoms with E-state index < -0.39 is 36.2 Å². The first kappa shape index (κ1) is 35.4. The SMILES string of the molecule is O=C(NCC[C@H]1CN(c2ccc(N3CCOCC3=O)cc2)C(=O)O1)c1ccccc1C(=O)NC[C@H]1CN(c2ccc(N3CCOCC3=O)cc2)C(=O)O1. The molecule has 6 amide bonds. The van der Waals surface area contributed by atoms with Crippen molar-refractivity contribution >= 4 is 58.6 Å². The lowest BCUT2D eigenvalue weighted by Gasteiger charge is -2.27. The summed E-state index contributed by atoms with van der Waals surface area (Å²) >= 11 is 0. The van der Waals surface area contributed by atoms with Gasteiger partial charge in [-0.2, -0.15) is 0 Å². The lowest BCUT2D eigenvalue weighted by Crippen LogP contribution is -2.41. The monoisotopic (exact) mass is 726 g/mol. The van der Waals surface area contributed by atoms with Crippen molar-refractivity contribution in [3.05, 3.63) is 83.9 Å². The summed E-state index contributed by atoms with van der Waals surface area (Å²) in [6.45, 7) is 2.58. The molecule has 2 N–H and O–H groups in total. The summed E-state index contributed by atoms with van der Waals surface area (Å²) in [6, 6.07) is 20.4. The van der Waals surface area contributed by atoms with Gasteiger partial charge in [0.1, 0.15) is 25.4 Å². The van der Waals surface area contributed by atoms with Crippen molar-refractivity contribution in [1.82, 2.24) is 10.6 Å². The third-order valence-electron chi connectivity index (χ3n) is 9.32. The number of amides is 6. The maximum Gasteiger partial charge on any atom is 0.414 e. The Morgan fingerprint density at radius 2 is 1.02 bits per heavy atom. The maximum absolute atomic E-state index is 13.2. The number of anilines is 4. The smallest absolute Gasteiger partial charge is 0.414 e. The van der Waals surface area contributed by atoms with E-state index in [1.54, 1.807) is 76.5 Å². The van der Waals surface area contributed by atoms with Crippen LogP contribution in [0.4, 0.5) is 32.3 Å². The first-order valence-electron chi connectivity index (χ1n) is 17.3. The van der Waals surface area contributed by atoms with E-state index in [2.05, 4.69) is 10.6 Å². The molecule has 3 aromatic rings. The minimum atomic E-state index is -0.631. The van der Waals surface area contributed by atoms with Crippen LogP contribution in [0.5, 0.6) is 0 Å². The zero-order chi connectivity index (χ0) is 36.9. The van der Waals surface area contributed by atoms with Crippen LogP contribution in [0.1, 0.15) is 27.1 Å². The molecule has 276 valence electrons. The van der Waals surface area contributed by atoms with Gasteiger partial charge < -0.3 is 39.4 Å². The number of hydrogen-bond acceptors (Lipinski definition) is 10. The van der Waals surface area contributed by atoms with Gasteiger partial charge in [-0.15, -0.1) is 0 Å². The maximum atomic E-state index is 13.2. The number of nitrogens with zero attached hydrogens (tertiary/aromatic N) is 4. The van der Waals surface area contributed by atoms with Gasteiger partial charge in [-0.1, -0.05) is 12.1 Å². The summed E-state index contributed by atoms with van der Waals surface area (Å²) in [5.74, 6) is -1.23. The van der Waals surface area contributed by atoms with Gasteiger partial charge in [0.15, 0.2) is 0 Å². The van der Waals surface area contributed by atoms with Crippen molar-refractivity contribution in [3.63, 3.8) is 0 Å². The molecule has 0 aromatic heterocycles. The predicted octanol–water partition coefficient (Wildman–Crippen LogP) is 2.31. The molecule has 4 fully saturated rings. The van der Waals surface area contributed by atoms with Crippen molar-refractivity contribution in [2.45, 2.75) is 18.6 Å². The van der Waals surface area contributed by atoms with E-state index in [4.69, 9.17) is 18.9 Å². The van der Waals surface area contributed by atoms with E-state index in [-0.39, 0.29) is 62.3 Å². The molecular weight excluding hydrogens is 688 g/mol. The molecule has 3 aromatic carbocycles. The van der Waals surface area contributed by atoms with Gasteiger partial charge in [0.25, 0.3) is 23.6 Å². The topological polar surface area (TPSA) is 176 Å². The summed E-state index contributed by atoms with van der Waals surface area (Å²) in [6.07, 6.45) is -1.82. The van der Waals surface area contributed by atoms with Crippen LogP contribution in [0.3, 0.4) is 0 Å². The van der Waals surface area contributed by atoms with Crippen LogP contribution in [-0.4, -0.2) is 114 Å². The standard InChI is InChI=1S/C37H38N6O10/c44-32-22-50-17-15-40(32)24-5-9-26(10-6-24)42-20-28(52-36(42)48)13-14-38-34(46)30-3-1-2-4-31(30)35(47)39-19-29-21-43(37(49)53-29)27-11-7-25(8-12-27)41-16-18-51-23-33(41)45/h1-12,28-29H,13-23H2,(H,38,46)(H,39,47)/t28-,29-/m0/s1. The molecule has 4 saturated heterocycles. The van der Waals surface area contributed by atoms with Gasteiger partial charge in [0, 0.05) is 48.8 Å². The number of carbonyl (C=O) groups is 6. The quantitative estimate of drug-likeness (QED) is 0.298. The third-order valence-corrected chi connectivity index (χ3v) is 9.32. The number of morpholine rings is 2. The fraction of sp³-hybridized carbons (Fsp3) is 0.351. The molecule has 0 spiro atoms. The molecule has 7 rings (SSSR count). The summed E-state index contributed by atoms with van der Waals surface area (Å²) in [7, 11) is 0. The number of cyclic esters (lactones) is 2. The van der Waals surface area contributed by atoms with Gasteiger partial charge in [-0.25, -0.2) is 9.59 Å². The number of ether oxygens (including phenoxy) is 4. The number of benzene rings is 3. The van der Waals surface area contributed by atoms with Gasteiger partial charge in [-0.3, -0.25) is 29.0 Å². The molecule has 0 aliphatic carbocycles. The zero-order valence-corrected chi connectivity index (χ0v) is 28.7. The van der Waals surface area contributed by atoms with Gasteiger partial charge in [0.05, 0.1) is 44.0 Å². The summed E-state index contributed by atoms with van der Waals surface area (Å²) < 4.78 is 21.4. The molecule has 16 heteroatoms. The molecule has 16 nitrogen and oxygen atoms in total. The lowest BCUT2D eigenvalue weighted by atomic mass is 10.1. The molecule has 4 aliphatic heterocycles. The molecule has 4 aliphatic rings. The number of nitrogens with one attached hydrogen (secondary N) is 2. The third kappa shape index (κ3) is 7.93. The van der Waals surface area contributed by atoms with Crippen molar-refractivity contribution in [2.75, 3.05) is 85.3 Å². The van der Waals surface area contributed by atoms with Gasteiger partial charge >= 0.3 is 12.2 Å². The molecule has 0 bridgehead atoms. The molecule has 4 heterocycles. The van der Waals surface area contributed by atoms with Crippen molar-refractivity contribution in [1.29, 1.82) is 0 Å². The fourth-order valence-corrected chi connectivity index (χ4v) is 6.55. The van der Waals surface area contributed by atoms with E-state index in [0.717, 1.165) is 5.69 Å². The Hall–Kier alpha value is -6.00. The van der Waals surface area contributed by atoms with Crippen LogP contribution < -0.4 is 30.2 Å². The second-order valence-corrected chi connectivity index (χ2v) is 12.8. The Kier molecular flexibility index (Phi) is 10.5. The van der Waals surface area contributed by atoms with Crippen molar-refractivity contribution in [2.24, 2.45) is 0 Å². The second-order valence-electron chi connectivity index (χ2n) is 12.8. The first-order valence-corrected chi connectivity index (χ1v) is 17.3. The highest BCUT2D eigenvalue weighted by Crippen LogP contribution is 2.28. The van der Waals surface area contributed by atoms with Crippen LogP contribution in [-0.2, 0) is 28.5 Å². The Morgan fingerprint density at radius 3 is 1.51 bits per heavy atom. The Labute approximate surface area is 304 Å². The fourth-order valence-electron chi connectivity index (χ4n) is 6.55. The molecule has 0 radical (unpaired) electrons. The van der Waals surface area contributed by atoms with Crippen molar-refractivity contribution in [3.8, 4) is 0 Å². The molecule has 2 atom stereocenters. The van der Waals surface area contributed by atoms with Crippen LogP contribution in [0.25, 0.3) is 0 Å². The highest BCUT2D eigenvalue weighted by molar-refractivity contribution is 6.07. The average molecular weight is 727 g/mol. The minimum absolute atomic E-state index is 0.0228. The van der Waals surface area contributed by atoms with Crippen LogP contribution in [0, 0.1) is 0 Å². The summed E-state index contributed by atoms with van der Waals surface area (Å²) in [5, 5.41) is 5.58. The largest absolute Gasteiger partial charge is 0.444 e. The molecule has 53 heavy (non-hydrogen) atoms. The van der Waals surface area contributed by atoms with E-state index in [1.165, 1.54) is 15.9 Å². The molecular formula is C37H38N6O10. The number of rotatable bonds is 11. The second kappa shape index (κ2) is 15.7. The Morgan fingerprint density at radius 1 is 0.585 bits per heavy atom. The zero-order valence-electron chi connectivity index (χ0n) is 28.7. The normalized spacial score (nSPS) is 20.4. The number of hydrogen-bond donors (Lipinski definition) is 2. The lowest BCUT2D eigenvalue weighted by molar-refractivity contribution is -0.126. The van der Waals surface area contributed by atoms with Crippen LogP contribution in [0.15, 0.2) is 72.8 Å². The highest BCUT2D eigenvalue weighted by atomic mass is 16.6. The summed E-state index contributed by atoms with van der Waals surface area (Å²) in [4.78, 5) is 82.3. The van der Waals surface area contributed by atoms with E-state index in [9.17, 15) is 28.8 Å². The highest BCUT2D eigenvalue weighted by Gasteiger charge is 2.34. The average Bonchev–Trinajstić information content (AvgIpc) is 3.75. The van der Waals surface area contributed by atoms with Gasteiger partial charge in [-0.05, 0) is 60.7 Å². The van der Waals surface area contributed by atoms with Crippen molar-refractivity contribution < 1.29 is 47.7 Å². The Balaban J connectivity index is 0.876.